The minimum absolute atomic E-state index is 0.225. The number of nitrogens with zero attached hydrogens (tertiary/aromatic N) is 2. The number of ether oxygens (including phenoxy) is 1. The zero-order valence-electron chi connectivity index (χ0n) is 14.9. The maximum Gasteiger partial charge on any atom is 0.352 e. The molecule has 0 aliphatic carbocycles. The van der Waals surface area contributed by atoms with Gasteiger partial charge in [-0.05, 0) is 55.7 Å². The zero-order valence-corrected chi connectivity index (χ0v) is 14.9. The third-order valence-corrected chi connectivity index (χ3v) is 4.02. The number of aromatic hydroxyl groups is 1. The van der Waals surface area contributed by atoms with Crippen molar-refractivity contribution >= 4 is 11.7 Å². The topological polar surface area (TPSA) is 105 Å². The first kappa shape index (κ1) is 18.6. The second-order valence-corrected chi connectivity index (χ2v) is 6.03. The van der Waals surface area contributed by atoms with Crippen molar-refractivity contribution in [1.29, 1.82) is 0 Å². The number of hydrogen-bond donors (Lipinski definition) is 3. The summed E-state index contributed by atoms with van der Waals surface area (Å²) in [7, 11) is 1.43. The Balaban J connectivity index is 2.31. The molecule has 2 amide bonds. The summed E-state index contributed by atoms with van der Waals surface area (Å²) in [5, 5.41) is 11.7. The van der Waals surface area contributed by atoms with Gasteiger partial charge >= 0.3 is 6.03 Å². The number of aryl methyl sites for hydroxylation is 3. The van der Waals surface area contributed by atoms with Crippen molar-refractivity contribution in [2.75, 3.05) is 12.1 Å². The van der Waals surface area contributed by atoms with E-state index in [1.54, 1.807) is 25.1 Å². The van der Waals surface area contributed by atoms with Crippen molar-refractivity contribution in [3.05, 3.63) is 52.6 Å². The maximum absolute atomic E-state index is 12.1. The van der Waals surface area contributed by atoms with Crippen molar-refractivity contribution in [1.82, 2.24) is 5.01 Å². The average Bonchev–Trinajstić information content (AvgIpc) is 2.56. The Morgan fingerprint density at radius 3 is 2.44 bits per heavy atom. The molecular formula is C18H24N4O3. The quantitative estimate of drug-likeness (QED) is 0.449. The number of nitrogens with two attached hydrogens (primary N) is 2. The third kappa shape index (κ3) is 4.01. The van der Waals surface area contributed by atoms with E-state index in [4.69, 9.17) is 16.4 Å². The average molecular weight is 344 g/mol. The van der Waals surface area contributed by atoms with E-state index >= 15 is 0 Å². The summed E-state index contributed by atoms with van der Waals surface area (Å²) >= 11 is 0. The van der Waals surface area contributed by atoms with Crippen LogP contribution in [0.5, 0.6) is 11.5 Å². The van der Waals surface area contributed by atoms with Gasteiger partial charge < -0.3 is 9.84 Å². The number of amides is 2. The first-order valence-corrected chi connectivity index (χ1v) is 7.81. The fraction of sp³-hybridized carbons (Fsp3) is 0.278. The minimum atomic E-state index is -0.538. The molecule has 0 saturated heterocycles. The monoisotopic (exact) mass is 344 g/mol. The highest BCUT2D eigenvalue weighted by molar-refractivity contribution is 5.91. The molecule has 7 heteroatoms. The molecule has 0 fully saturated rings. The molecule has 0 aromatic heterocycles. The molecule has 134 valence electrons. The molecule has 0 radical (unpaired) electrons. The predicted octanol–water partition coefficient (Wildman–Crippen LogP) is 2.50. The van der Waals surface area contributed by atoms with Gasteiger partial charge in [-0.2, -0.15) is 0 Å². The van der Waals surface area contributed by atoms with E-state index in [9.17, 15) is 9.90 Å². The molecule has 2 rings (SSSR count). The number of carbonyl (C=O) groups excluding carboxylic acids is 1. The molecule has 2 aromatic rings. The van der Waals surface area contributed by atoms with E-state index in [0.717, 1.165) is 32.3 Å². The summed E-state index contributed by atoms with van der Waals surface area (Å²) in [6.07, 6.45) is 0. The lowest BCUT2D eigenvalue weighted by atomic mass is 10.1. The predicted molar refractivity (Wildman–Crippen MR) is 97.1 cm³/mol. The third-order valence-electron chi connectivity index (χ3n) is 4.02. The molecule has 0 heterocycles. The van der Waals surface area contributed by atoms with Gasteiger partial charge in [-0.25, -0.2) is 21.5 Å². The molecular weight excluding hydrogens is 320 g/mol. The van der Waals surface area contributed by atoms with Crippen LogP contribution in [0, 0.1) is 20.8 Å². The van der Waals surface area contributed by atoms with Crippen molar-refractivity contribution in [2.45, 2.75) is 27.4 Å². The lowest BCUT2D eigenvalue weighted by Crippen LogP contribution is -2.49. The Morgan fingerprint density at radius 1 is 1.12 bits per heavy atom. The van der Waals surface area contributed by atoms with E-state index in [0.29, 0.717) is 11.4 Å². The van der Waals surface area contributed by atoms with E-state index in [-0.39, 0.29) is 12.4 Å². The maximum atomic E-state index is 12.1. The van der Waals surface area contributed by atoms with Crippen molar-refractivity contribution < 1.29 is 14.6 Å². The molecule has 25 heavy (non-hydrogen) atoms. The first-order valence-electron chi connectivity index (χ1n) is 7.81. The smallest absolute Gasteiger partial charge is 0.352 e. The SMILES string of the molecule is Cc1cc(OCc2c(C)cccc2N(N)C(=O)N(C)N)c(C)cc1O. The van der Waals surface area contributed by atoms with Crippen LogP contribution in [0.2, 0.25) is 0 Å². The minimum Gasteiger partial charge on any atom is -0.508 e. The number of hydrogen-bond acceptors (Lipinski definition) is 5. The van der Waals surface area contributed by atoms with E-state index in [1.807, 2.05) is 26.0 Å². The highest BCUT2D eigenvalue weighted by Crippen LogP contribution is 2.29. The van der Waals surface area contributed by atoms with Crippen LogP contribution in [0.25, 0.3) is 0 Å². The largest absolute Gasteiger partial charge is 0.508 e. The molecule has 0 unspecified atom stereocenters. The van der Waals surface area contributed by atoms with E-state index < -0.39 is 6.03 Å². The summed E-state index contributed by atoms with van der Waals surface area (Å²) < 4.78 is 5.92. The Bertz CT molecular complexity index is 790. The van der Waals surface area contributed by atoms with Crippen LogP contribution >= 0.6 is 0 Å². The summed E-state index contributed by atoms with van der Waals surface area (Å²) in [5.74, 6) is 12.3. The molecule has 5 N–H and O–H groups in total. The fourth-order valence-electron chi connectivity index (χ4n) is 2.45. The van der Waals surface area contributed by atoms with Crippen LogP contribution in [0.1, 0.15) is 22.3 Å². The summed E-state index contributed by atoms with van der Waals surface area (Å²) in [6.45, 7) is 5.80. The van der Waals surface area contributed by atoms with Crippen LogP contribution in [0.15, 0.2) is 30.3 Å². The molecule has 0 bridgehead atoms. The molecule has 2 aromatic carbocycles. The van der Waals surface area contributed by atoms with Gasteiger partial charge in [0.25, 0.3) is 0 Å². The number of phenols is 1. The lowest BCUT2D eigenvalue weighted by molar-refractivity contribution is 0.216. The van der Waals surface area contributed by atoms with Crippen LogP contribution in [-0.4, -0.2) is 23.2 Å². The van der Waals surface area contributed by atoms with E-state index in [2.05, 4.69) is 0 Å². The number of hydrazine groups is 2. The van der Waals surface area contributed by atoms with Crippen molar-refractivity contribution in [3.63, 3.8) is 0 Å². The fourth-order valence-corrected chi connectivity index (χ4v) is 2.45. The molecule has 7 nitrogen and oxygen atoms in total. The second-order valence-electron chi connectivity index (χ2n) is 6.03. The van der Waals surface area contributed by atoms with Gasteiger partial charge in [0.15, 0.2) is 0 Å². The Morgan fingerprint density at radius 2 is 1.80 bits per heavy atom. The summed E-state index contributed by atoms with van der Waals surface area (Å²) in [6, 6.07) is 8.37. The number of anilines is 1. The number of rotatable bonds is 4. The van der Waals surface area contributed by atoms with Crippen LogP contribution in [-0.2, 0) is 6.61 Å². The van der Waals surface area contributed by atoms with Gasteiger partial charge in [-0.15, -0.1) is 0 Å². The molecule has 0 spiro atoms. The molecule has 0 aliphatic rings. The highest BCUT2D eigenvalue weighted by Gasteiger charge is 2.19. The highest BCUT2D eigenvalue weighted by atomic mass is 16.5. The number of phenolic OH excluding ortho intramolecular Hbond substituents is 1. The van der Waals surface area contributed by atoms with Crippen LogP contribution in [0.3, 0.4) is 0 Å². The van der Waals surface area contributed by atoms with E-state index in [1.165, 1.54) is 7.05 Å². The van der Waals surface area contributed by atoms with Crippen LogP contribution in [0.4, 0.5) is 10.5 Å². The van der Waals surface area contributed by atoms with Gasteiger partial charge in [0.2, 0.25) is 0 Å². The van der Waals surface area contributed by atoms with Gasteiger partial charge in [0, 0.05) is 12.6 Å². The Labute approximate surface area is 147 Å². The van der Waals surface area contributed by atoms with Gasteiger partial charge in [0.1, 0.15) is 18.1 Å². The van der Waals surface area contributed by atoms with Gasteiger partial charge in [-0.3, -0.25) is 5.01 Å². The van der Waals surface area contributed by atoms with Gasteiger partial charge in [0.05, 0.1) is 5.69 Å². The molecule has 0 atom stereocenters. The van der Waals surface area contributed by atoms with Crippen molar-refractivity contribution in [3.8, 4) is 11.5 Å². The Kier molecular flexibility index (Phi) is 5.51. The zero-order chi connectivity index (χ0) is 18.7. The lowest BCUT2D eigenvalue weighted by Gasteiger charge is -2.24. The molecule has 0 saturated carbocycles. The van der Waals surface area contributed by atoms with Crippen molar-refractivity contribution in [2.24, 2.45) is 11.7 Å². The van der Waals surface area contributed by atoms with Gasteiger partial charge in [-0.1, -0.05) is 12.1 Å². The normalized spacial score (nSPS) is 10.5. The standard InChI is InChI=1S/C18H24N4O3/c1-11-6-5-7-15(22(20)18(24)21(4)19)14(11)10-25-17-9-12(2)16(23)8-13(17)3/h5-9,23H,10,19-20H2,1-4H3. The summed E-state index contributed by atoms with van der Waals surface area (Å²) in [4.78, 5) is 12.1. The van der Waals surface area contributed by atoms with Crippen LogP contribution < -0.4 is 21.4 Å². The number of benzene rings is 2. The number of urea groups is 1. The second kappa shape index (κ2) is 7.42. The first-order chi connectivity index (χ1) is 11.7. The Hall–Kier alpha value is -2.77. The summed E-state index contributed by atoms with van der Waals surface area (Å²) in [5.41, 5.74) is 3.79. The number of carbonyl (C=O) groups is 1. The molecule has 0 aliphatic heterocycles.